The van der Waals surface area contributed by atoms with Crippen molar-refractivity contribution in [1.29, 1.82) is 0 Å². The van der Waals surface area contributed by atoms with Crippen molar-refractivity contribution < 1.29 is 4.42 Å². The Morgan fingerprint density at radius 3 is 2.64 bits per heavy atom. The summed E-state index contributed by atoms with van der Waals surface area (Å²) in [6, 6.07) is 10.8. The Bertz CT molecular complexity index is 566. The molecule has 0 fully saturated rings. The van der Waals surface area contributed by atoms with Gasteiger partial charge in [0.2, 0.25) is 0 Å². The standard InChI is InChI=1S/C19H25NO.ClH/c1-4-9-17(20(12-5-2)13-6-3)15-18-14-16-10-7-8-11-19(16)21-18;/h2,7-8,10-11,14,17H,4,6,9,12-13,15H2,1,3H3;1H. The number of furan rings is 1. The Kier molecular flexibility index (Phi) is 8.09. The largest absolute Gasteiger partial charge is 0.461 e. The summed E-state index contributed by atoms with van der Waals surface area (Å²) in [6.45, 7) is 6.20. The summed E-state index contributed by atoms with van der Waals surface area (Å²) in [4.78, 5) is 2.41. The third-order valence-electron chi connectivity index (χ3n) is 3.86. The molecule has 1 aromatic carbocycles. The second kappa shape index (κ2) is 9.56. The van der Waals surface area contributed by atoms with Gasteiger partial charge in [-0.25, -0.2) is 0 Å². The van der Waals surface area contributed by atoms with Gasteiger partial charge in [-0.05, 0) is 31.5 Å². The van der Waals surface area contributed by atoms with Gasteiger partial charge in [-0.2, -0.15) is 0 Å². The minimum Gasteiger partial charge on any atom is -0.461 e. The minimum atomic E-state index is 0. The normalized spacial score (nSPS) is 12.1. The molecule has 120 valence electrons. The Balaban J connectivity index is 0.00000242. The molecule has 0 radical (unpaired) electrons. The lowest BCUT2D eigenvalue weighted by Gasteiger charge is -2.29. The van der Waals surface area contributed by atoms with E-state index in [0.717, 1.165) is 50.1 Å². The first-order valence-corrected chi connectivity index (χ1v) is 7.93. The number of fused-ring (bicyclic) bond motifs is 1. The van der Waals surface area contributed by atoms with Crippen LogP contribution in [0.2, 0.25) is 0 Å². The van der Waals surface area contributed by atoms with Crippen molar-refractivity contribution in [2.45, 2.75) is 45.6 Å². The van der Waals surface area contributed by atoms with E-state index in [1.807, 2.05) is 18.2 Å². The van der Waals surface area contributed by atoms with Crippen molar-refractivity contribution in [1.82, 2.24) is 4.90 Å². The lowest BCUT2D eigenvalue weighted by molar-refractivity contribution is 0.200. The third-order valence-corrected chi connectivity index (χ3v) is 3.86. The van der Waals surface area contributed by atoms with E-state index < -0.39 is 0 Å². The fourth-order valence-corrected chi connectivity index (χ4v) is 2.91. The van der Waals surface area contributed by atoms with Gasteiger partial charge in [0, 0.05) is 17.8 Å². The van der Waals surface area contributed by atoms with Crippen LogP contribution in [-0.2, 0) is 6.42 Å². The van der Waals surface area contributed by atoms with E-state index in [2.05, 4.69) is 36.8 Å². The van der Waals surface area contributed by atoms with E-state index in [1.165, 1.54) is 5.39 Å². The molecule has 0 aliphatic rings. The molecule has 1 atom stereocenters. The molecule has 2 aromatic rings. The second-order valence-corrected chi connectivity index (χ2v) is 5.57. The topological polar surface area (TPSA) is 16.4 Å². The quantitative estimate of drug-likeness (QED) is 0.643. The summed E-state index contributed by atoms with van der Waals surface area (Å²) in [5.41, 5.74) is 0.974. The summed E-state index contributed by atoms with van der Waals surface area (Å²) in [7, 11) is 0. The van der Waals surface area contributed by atoms with E-state index in [4.69, 9.17) is 10.8 Å². The van der Waals surface area contributed by atoms with Crippen LogP contribution in [0.25, 0.3) is 11.0 Å². The maximum Gasteiger partial charge on any atom is 0.134 e. The van der Waals surface area contributed by atoms with Crippen molar-refractivity contribution in [2.75, 3.05) is 13.1 Å². The average Bonchev–Trinajstić information content (AvgIpc) is 2.89. The van der Waals surface area contributed by atoms with Gasteiger partial charge in [0.15, 0.2) is 0 Å². The first-order chi connectivity index (χ1) is 10.3. The van der Waals surface area contributed by atoms with Gasteiger partial charge in [-0.3, -0.25) is 4.90 Å². The van der Waals surface area contributed by atoms with Crippen LogP contribution in [0.5, 0.6) is 0 Å². The lowest BCUT2D eigenvalue weighted by Crippen LogP contribution is -2.37. The van der Waals surface area contributed by atoms with E-state index in [0.29, 0.717) is 6.04 Å². The summed E-state index contributed by atoms with van der Waals surface area (Å²) in [5, 5.41) is 1.18. The number of hydrogen-bond donors (Lipinski definition) is 0. The molecular weight excluding hydrogens is 294 g/mol. The van der Waals surface area contributed by atoms with Crippen molar-refractivity contribution in [3.8, 4) is 12.3 Å². The van der Waals surface area contributed by atoms with Crippen LogP contribution in [-0.4, -0.2) is 24.0 Å². The van der Waals surface area contributed by atoms with Gasteiger partial charge in [0.05, 0.1) is 6.54 Å². The van der Waals surface area contributed by atoms with Crippen LogP contribution < -0.4 is 0 Å². The van der Waals surface area contributed by atoms with E-state index >= 15 is 0 Å². The smallest absolute Gasteiger partial charge is 0.134 e. The number of para-hydroxylation sites is 1. The monoisotopic (exact) mass is 319 g/mol. The molecule has 0 saturated heterocycles. The van der Waals surface area contributed by atoms with Crippen LogP contribution in [0.15, 0.2) is 34.7 Å². The molecule has 0 N–H and O–H groups in total. The van der Waals surface area contributed by atoms with Crippen LogP contribution in [0.1, 0.15) is 38.9 Å². The molecule has 22 heavy (non-hydrogen) atoms. The van der Waals surface area contributed by atoms with Gasteiger partial charge >= 0.3 is 0 Å². The number of terminal acetylenes is 1. The van der Waals surface area contributed by atoms with Crippen molar-refractivity contribution in [3.05, 3.63) is 36.1 Å². The summed E-state index contributed by atoms with van der Waals surface area (Å²) in [6.07, 6.45) is 9.91. The van der Waals surface area contributed by atoms with Crippen LogP contribution >= 0.6 is 12.4 Å². The van der Waals surface area contributed by atoms with Crippen molar-refractivity contribution in [2.24, 2.45) is 0 Å². The van der Waals surface area contributed by atoms with Crippen LogP contribution in [0.3, 0.4) is 0 Å². The van der Waals surface area contributed by atoms with E-state index in [-0.39, 0.29) is 12.4 Å². The van der Waals surface area contributed by atoms with Gasteiger partial charge in [0.25, 0.3) is 0 Å². The first kappa shape index (κ1) is 18.6. The third kappa shape index (κ3) is 4.80. The molecule has 3 heteroatoms. The molecule has 2 nitrogen and oxygen atoms in total. The maximum absolute atomic E-state index is 5.97. The van der Waals surface area contributed by atoms with Gasteiger partial charge in [0.1, 0.15) is 11.3 Å². The van der Waals surface area contributed by atoms with Gasteiger partial charge < -0.3 is 4.42 Å². The van der Waals surface area contributed by atoms with Crippen molar-refractivity contribution >= 4 is 23.4 Å². The Morgan fingerprint density at radius 1 is 1.23 bits per heavy atom. The molecule has 0 bridgehead atoms. The van der Waals surface area contributed by atoms with Crippen LogP contribution in [0.4, 0.5) is 0 Å². The maximum atomic E-state index is 5.97. The Hall–Kier alpha value is -1.43. The summed E-state index contributed by atoms with van der Waals surface area (Å²) in [5.74, 6) is 3.86. The molecule has 0 spiro atoms. The Morgan fingerprint density at radius 2 is 2.00 bits per heavy atom. The predicted molar refractivity (Wildman–Crippen MR) is 96.6 cm³/mol. The number of nitrogens with zero attached hydrogens (tertiary/aromatic N) is 1. The lowest BCUT2D eigenvalue weighted by atomic mass is 10.0. The molecule has 1 unspecified atom stereocenters. The second-order valence-electron chi connectivity index (χ2n) is 5.57. The molecule has 2 rings (SSSR count). The highest BCUT2D eigenvalue weighted by atomic mass is 35.5. The highest BCUT2D eigenvalue weighted by molar-refractivity contribution is 5.85. The molecule has 0 amide bonds. The summed E-state index contributed by atoms with van der Waals surface area (Å²) >= 11 is 0. The summed E-state index contributed by atoms with van der Waals surface area (Å²) < 4.78 is 5.97. The number of hydrogen-bond acceptors (Lipinski definition) is 2. The molecular formula is C19H26ClNO. The minimum absolute atomic E-state index is 0. The molecule has 1 aromatic heterocycles. The van der Waals surface area contributed by atoms with Gasteiger partial charge in [-0.15, -0.1) is 18.8 Å². The van der Waals surface area contributed by atoms with E-state index in [1.54, 1.807) is 0 Å². The predicted octanol–water partition coefficient (Wildman–Crippen LogP) is 4.91. The number of halogens is 1. The molecule has 0 aliphatic carbocycles. The van der Waals surface area contributed by atoms with E-state index in [9.17, 15) is 0 Å². The highest BCUT2D eigenvalue weighted by Gasteiger charge is 2.18. The fourth-order valence-electron chi connectivity index (χ4n) is 2.91. The zero-order valence-electron chi connectivity index (χ0n) is 13.5. The molecule has 0 saturated carbocycles. The Labute approximate surface area is 140 Å². The van der Waals surface area contributed by atoms with Crippen LogP contribution in [0, 0.1) is 12.3 Å². The van der Waals surface area contributed by atoms with Gasteiger partial charge in [-0.1, -0.05) is 44.4 Å². The average molecular weight is 320 g/mol. The zero-order valence-corrected chi connectivity index (χ0v) is 14.4. The number of benzene rings is 1. The fraction of sp³-hybridized carbons (Fsp3) is 0.474. The zero-order chi connectivity index (χ0) is 15.1. The highest BCUT2D eigenvalue weighted by Crippen LogP contribution is 2.22. The first-order valence-electron chi connectivity index (χ1n) is 7.93. The SMILES string of the molecule is C#CCN(CCC)C(CCC)Cc1cc2ccccc2o1.Cl. The molecule has 0 aliphatic heterocycles. The number of rotatable bonds is 8. The van der Waals surface area contributed by atoms with Crippen molar-refractivity contribution in [3.63, 3.8) is 0 Å². The molecule has 1 heterocycles.